The molecule has 0 heterocycles. The predicted molar refractivity (Wildman–Crippen MR) is 73.7 cm³/mol. The second kappa shape index (κ2) is 6.22. The van der Waals surface area contributed by atoms with Gasteiger partial charge in [0.25, 0.3) is 0 Å². The molecule has 19 heavy (non-hydrogen) atoms. The quantitative estimate of drug-likeness (QED) is 0.501. The van der Waals surface area contributed by atoms with E-state index >= 15 is 0 Å². The highest BCUT2D eigenvalue weighted by Crippen LogP contribution is 2.07. The summed E-state index contributed by atoms with van der Waals surface area (Å²) in [6, 6.07) is 7.49. The van der Waals surface area contributed by atoms with Crippen molar-refractivity contribution < 1.29 is 14.7 Å². The summed E-state index contributed by atoms with van der Waals surface area (Å²) in [6.45, 7) is 7.43. The van der Waals surface area contributed by atoms with E-state index in [0.29, 0.717) is 5.71 Å². The number of rotatable bonds is 3. The lowest BCUT2D eigenvalue weighted by Crippen LogP contribution is -2.35. The third-order valence-electron chi connectivity index (χ3n) is 2.30. The van der Waals surface area contributed by atoms with E-state index in [1.807, 2.05) is 31.2 Å². The lowest BCUT2D eigenvalue weighted by atomic mass is 10.1. The topological polar surface area (TPSA) is 70.9 Å². The first kappa shape index (κ1) is 15.0. The highest BCUT2D eigenvalue weighted by atomic mass is 16.6. The number of ether oxygens (including phenoxy) is 1. The molecule has 0 unspecified atom stereocenters. The number of nitrogens with one attached hydrogen (secondary N) is 1. The zero-order valence-electron chi connectivity index (χ0n) is 11.7. The normalized spacial score (nSPS) is 12.1. The van der Waals surface area contributed by atoms with Crippen molar-refractivity contribution in [2.75, 3.05) is 6.54 Å². The molecule has 1 rings (SSSR count). The van der Waals surface area contributed by atoms with Crippen molar-refractivity contribution in [2.24, 2.45) is 5.16 Å². The predicted octanol–water partition coefficient (Wildman–Crippen LogP) is 2.70. The number of hydrogen-bond acceptors (Lipinski definition) is 4. The van der Waals surface area contributed by atoms with E-state index in [0.717, 1.165) is 11.1 Å². The minimum Gasteiger partial charge on any atom is -0.444 e. The number of hydrogen-bond donors (Lipinski definition) is 2. The molecule has 104 valence electrons. The third kappa shape index (κ3) is 5.42. The summed E-state index contributed by atoms with van der Waals surface area (Å²) >= 11 is 0. The molecule has 0 aliphatic carbocycles. The SMILES string of the molecule is Cc1ccc(C(CNC(=O)OC(C)(C)C)=NO)cc1. The Morgan fingerprint density at radius 2 is 1.89 bits per heavy atom. The lowest BCUT2D eigenvalue weighted by Gasteiger charge is -2.19. The standard InChI is InChI=1S/C14H20N2O3/c1-10-5-7-11(8-6-10)12(16-18)9-15-13(17)19-14(2,3)4/h5-8,18H,9H2,1-4H3,(H,15,17). The molecule has 2 N–H and O–H groups in total. The van der Waals surface area contributed by atoms with E-state index in [1.165, 1.54) is 0 Å². The minimum atomic E-state index is -0.551. The van der Waals surface area contributed by atoms with Gasteiger partial charge in [-0.25, -0.2) is 4.79 Å². The van der Waals surface area contributed by atoms with E-state index in [4.69, 9.17) is 9.94 Å². The number of amides is 1. The van der Waals surface area contributed by atoms with Crippen molar-refractivity contribution in [1.82, 2.24) is 5.32 Å². The van der Waals surface area contributed by atoms with Gasteiger partial charge in [0.15, 0.2) is 0 Å². The number of carbonyl (C=O) groups excluding carboxylic acids is 1. The van der Waals surface area contributed by atoms with Gasteiger partial charge in [0.05, 0.1) is 6.54 Å². The monoisotopic (exact) mass is 264 g/mol. The van der Waals surface area contributed by atoms with Crippen LogP contribution in [0.2, 0.25) is 0 Å². The van der Waals surface area contributed by atoms with Crippen molar-refractivity contribution >= 4 is 11.8 Å². The third-order valence-corrected chi connectivity index (χ3v) is 2.30. The first-order chi connectivity index (χ1) is 8.81. The number of aryl methyl sites for hydroxylation is 1. The molecular weight excluding hydrogens is 244 g/mol. The van der Waals surface area contributed by atoms with Gasteiger partial charge in [-0.1, -0.05) is 35.0 Å². The van der Waals surface area contributed by atoms with Crippen LogP contribution in [0, 0.1) is 6.92 Å². The van der Waals surface area contributed by atoms with Gasteiger partial charge in [-0.3, -0.25) is 0 Å². The number of oxime groups is 1. The van der Waals surface area contributed by atoms with Crippen LogP contribution in [0.4, 0.5) is 4.79 Å². The molecule has 1 aromatic rings. The van der Waals surface area contributed by atoms with E-state index in [-0.39, 0.29) is 6.54 Å². The van der Waals surface area contributed by atoms with Crippen LogP contribution in [-0.2, 0) is 4.74 Å². The van der Waals surface area contributed by atoms with Crippen LogP contribution in [0.3, 0.4) is 0 Å². The van der Waals surface area contributed by atoms with Gasteiger partial charge in [-0.15, -0.1) is 0 Å². The van der Waals surface area contributed by atoms with Crippen molar-refractivity contribution in [3.8, 4) is 0 Å². The Balaban J connectivity index is 2.60. The molecular formula is C14H20N2O3. The molecule has 0 radical (unpaired) electrons. The first-order valence-corrected chi connectivity index (χ1v) is 6.06. The highest BCUT2D eigenvalue weighted by Gasteiger charge is 2.16. The van der Waals surface area contributed by atoms with Crippen molar-refractivity contribution in [3.05, 3.63) is 35.4 Å². The summed E-state index contributed by atoms with van der Waals surface area (Å²) in [7, 11) is 0. The van der Waals surface area contributed by atoms with E-state index < -0.39 is 11.7 Å². The molecule has 0 saturated heterocycles. The molecule has 0 fully saturated rings. The van der Waals surface area contributed by atoms with Gasteiger partial charge < -0.3 is 15.3 Å². The number of benzene rings is 1. The summed E-state index contributed by atoms with van der Waals surface area (Å²) in [5, 5.41) is 14.7. The van der Waals surface area contributed by atoms with Gasteiger partial charge >= 0.3 is 6.09 Å². The molecule has 5 nitrogen and oxygen atoms in total. The molecule has 0 aromatic heterocycles. The van der Waals surface area contributed by atoms with E-state index in [9.17, 15) is 4.79 Å². The first-order valence-electron chi connectivity index (χ1n) is 6.06. The van der Waals surface area contributed by atoms with Gasteiger partial charge in [-0.05, 0) is 27.7 Å². The summed E-state index contributed by atoms with van der Waals surface area (Å²) in [4.78, 5) is 11.5. The summed E-state index contributed by atoms with van der Waals surface area (Å²) in [6.07, 6.45) is -0.541. The van der Waals surface area contributed by atoms with Crippen LogP contribution in [0.25, 0.3) is 0 Å². The van der Waals surface area contributed by atoms with Crippen molar-refractivity contribution in [3.63, 3.8) is 0 Å². The fourth-order valence-corrected chi connectivity index (χ4v) is 1.41. The second-order valence-corrected chi connectivity index (χ2v) is 5.27. The molecule has 0 spiro atoms. The fourth-order valence-electron chi connectivity index (χ4n) is 1.41. The minimum absolute atomic E-state index is 0.106. The largest absolute Gasteiger partial charge is 0.444 e. The molecule has 0 saturated carbocycles. The molecule has 1 amide bonds. The van der Waals surface area contributed by atoms with Crippen LogP contribution in [-0.4, -0.2) is 29.2 Å². The van der Waals surface area contributed by atoms with Crippen molar-refractivity contribution in [2.45, 2.75) is 33.3 Å². The van der Waals surface area contributed by atoms with Crippen molar-refractivity contribution in [1.29, 1.82) is 0 Å². The summed E-state index contributed by atoms with van der Waals surface area (Å²) in [5.41, 5.74) is 1.70. The highest BCUT2D eigenvalue weighted by molar-refractivity contribution is 6.02. The van der Waals surface area contributed by atoms with Crippen LogP contribution >= 0.6 is 0 Å². The maximum Gasteiger partial charge on any atom is 0.407 e. The van der Waals surface area contributed by atoms with Gasteiger partial charge in [0.1, 0.15) is 11.3 Å². The van der Waals surface area contributed by atoms with Gasteiger partial charge in [0.2, 0.25) is 0 Å². The summed E-state index contributed by atoms with van der Waals surface area (Å²) in [5.74, 6) is 0. The number of alkyl carbamates (subject to hydrolysis) is 1. The second-order valence-electron chi connectivity index (χ2n) is 5.27. The maximum atomic E-state index is 11.5. The van der Waals surface area contributed by atoms with Gasteiger partial charge in [0, 0.05) is 5.56 Å². The number of carbonyl (C=O) groups is 1. The van der Waals surface area contributed by atoms with Gasteiger partial charge in [-0.2, -0.15) is 0 Å². The maximum absolute atomic E-state index is 11.5. The Morgan fingerprint density at radius 1 is 1.32 bits per heavy atom. The zero-order chi connectivity index (χ0) is 14.5. The average molecular weight is 264 g/mol. The Morgan fingerprint density at radius 3 is 2.37 bits per heavy atom. The zero-order valence-corrected chi connectivity index (χ0v) is 11.7. The van der Waals surface area contributed by atoms with E-state index in [1.54, 1.807) is 20.8 Å². The average Bonchev–Trinajstić information content (AvgIpc) is 2.29. The molecule has 0 atom stereocenters. The molecule has 1 aromatic carbocycles. The summed E-state index contributed by atoms with van der Waals surface area (Å²) < 4.78 is 5.10. The van der Waals surface area contributed by atoms with Crippen LogP contribution in [0.1, 0.15) is 31.9 Å². The fraction of sp³-hybridized carbons (Fsp3) is 0.429. The Labute approximate surface area is 113 Å². The Kier molecular flexibility index (Phi) is 4.92. The van der Waals surface area contributed by atoms with Crippen LogP contribution in [0.5, 0.6) is 0 Å². The molecule has 5 heteroatoms. The number of nitrogens with zero attached hydrogens (tertiary/aromatic N) is 1. The smallest absolute Gasteiger partial charge is 0.407 e. The van der Waals surface area contributed by atoms with E-state index in [2.05, 4.69) is 10.5 Å². The van der Waals surface area contributed by atoms with Crippen LogP contribution < -0.4 is 5.32 Å². The lowest BCUT2D eigenvalue weighted by molar-refractivity contribution is 0.0536. The molecule has 0 bridgehead atoms. The Hall–Kier alpha value is -2.04. The Bertz CT molecular complexity index is 459. The molecule has 0 aliphatic rings. The van der Waals surface area contributed by atoms with Crippen LogP contribution in [0.15, 0.2) is 29.4 Å². The molecule has 0 aliphatic heterocycles.